The SMILES string of the molecule is CCNCc1ccc(N2CCN(Cc3ccccc3)CC2)cc1. The molecule has 0 amide bonds. The van der Waals surface area contributed by atoms with E-state index in [9.17, 15) is 0 Å². The fraction of sp³-hybridized carbons (Fsp3) is 0.400. The number of benzene rings is 2. The molecule has 2 aromatic carbocycles. The molecule has 0 unspecified atom stereocenters. The zero-order chi connectivity index (χ0) is 15.9. The highest BCUT2D eigenvalue weighted by molar-refractivity contribution is 5.48. The average Bonchev–Trinajstić information content (AvgIpc) is 2.62. The van der Waals surface area contributed by atoms with E-state index in [4.69, 9.17) is 0 Å². The van der Waals surface area contributed by atoms with E-state index in [1.54, 1.807) is 0 Å². The van der Waals surface area contributed by atoms with E-state index in [0.29, 0.717) is 0 Å². The maximum Gasteiger partial charge on any atom is 0.0367 e. The van der Waals surface area contributed by atoms with E-state index in [0.717, 1.165) is 45.8 Å². The van der Waals surface area contributed by atoms with Crippen molar-refractivity contribution < 1.29 is 0 Å². The molecule has 1 aliphatic heterocycles. The standard InChI is InChI=1S/C20H27N3/c1-2-21-16-18-8-10-20(11-9-18)23-14-12-22(13-15-23)17-19-6-4-3-5-7-19/h3-11,21H,2,12-17H2,1H3. The summed E-state index contributed by atoms with van der Waals surface area (Å²) in [6.45, 7) is 9.67. The van der Waals surface area contributed by atoms with Gasteiger partial charge in [-0.3, -0.25) is 4.90 Å². The molecule has 1 fully saturated rings. The number of hydrogen-bond acceptors (Lipinski definition) is 3. The van der Waals surface area contributed by atoms with Gasteiger partial charge in [-0.05, 0) is 29.8 Å². The lowest BCUT2D eigenvalue weighted by molar-refractivity contribution is 0.250. The van der Waals surface area contributed by atoms with Crippen LogP contribution in [-0.4, -0.2) is 37.6 Å². The van der Waals surface area contributed by atoms with Gasteiger partial charge in [0.15, 0.2) is 0 Å². The molecule has 1 N–H and O–H groups in total. The number of piperazine rings is 1. The van der Waals surface area contributed by atoms with Gasteiger partial charge in [-0.25, -0.2) is 0 Å². The molecule has 2 aromatic rings. The summed E-state index contributed by atoms with van der Waals surface area (Å²) < 4.78 is 0. The third kappa shape index (κ3) is 4.57. The molecule has 3 rings (SSSR count). The highest BCUT2D eigenvalue weighted by Gasteiger charge is 2.17. The first-order valence-electron chi connectivity index (χ1n) is 8.66. The Hall–Kier alpha value is -1.84. The van der Waals surface area contributed by atoms with Gasteiger partial charge in [-0.2, -0.15) is 0 Å². The topological polar surface area (TPSA) is 18.5 Å². The van der Waals surface area contributed by atoms with Crippen molar-refractivity contribution >= 4 is 5.69 Å². The van der Waals surface area contributed by atoms with E-state index in [-0.39, 0.29) is 0 Å². The Labute approximate surface area is 139 Å². The van der Waals surface area contributed by atoms with Crippen LogP contribution in [0.2, 0.25) is 0 Å². The van der Waals surface area contributed by atoms with Crippen molar-refractivity contribution in [2.24, 2.45) is 0 Å². The van der Waals surface area contributed by atoms with Gasteiger partial charge < -0.3 is 10.2 Å². The summed E-state index contributed by atoms with van der Waals surface area (Å²) in [4.78, 5) is 5.05. The predicted octanol–water partition coefficient (Wildman–Crippen LogP) is 3.12. The monoisotopic (exact) mass is 309 g/mol. The van der Waals surface area contributed by atoms with Gasteiger partial charge in [0.2, 0.25) is 0 Å². The van der Waals surface area contributed by atoms with Crippen LogP contribution in [0.4, 0.5) is 5.69 Å². The van der Waals surface area contributed by atoms with Crippen LogP contribution in [-0.2, 0) is 13.1 Å². The quantitative estimate of drug-likeness (QED) is 0.884. The number of rotatable bonds is 6. The Morgan fingerprint density at radius 1 is 0.826 bits per heavy atom. The Morgan fingerprint density at radius 2 is 1.52 bits per heavy atom. The number of nitrogens with zero attached hydrogens (tertiary/aromatic N) is 2. The Balaban J connectivity index is 1.50. The first-order chi connectivity index (χ1) is 11.3. The molecule has 3 heteroatoms. The largest absolute Gasteiger partial charge is 0.369 e. The zero-order valence-electron chi connectivity index (χ0n) is 14.0. The van der Waals surface area contributed by atoms with Crippen LogP contribution in [0.5, 0.6) is 0 Å². The molecule has 0 aromatic heterocycles. The minimum atomic E-state index is 0.960. The van der Waals surface area contributed by atoms with Crippen LogP contribution >= 0.6 is 0 Å². The van der Waals surface area contributed by atoms with Crippen molar-refractivity contribution in [2.75, 3.05) is 37.6 Å². The normalized spacial score (nSPS) is 15.8. The summed E-state index contributed by atoms with van der Waals surface area (Å²) in [5.74, 6) is 0. The molecule has 0 aliphatic carbocycles. The van der Waals surface area contributed by atoms with Crippen LogP contribution < -0.4 is 10.2 Å². The fourth-order valence-corrected chi connectivity index (χ4v) is 3.10. The molecular weight excluding hydrogens is 282 g/mol. The highest BCUT2D eigenvalue weighted by atomic mass is 15.3. The van der Waals surface area contributed by atoms with E-state index < -0.39 is 0 Å². The van der Waals surface area contributed by atoms with Gasteiger partial charge in [0.05, 0.1) is 0 Å². The van der Waals surface area contributed by atoms with Crippen molar-refractivity contribution in [1.82, 2.24) is 10.2 Å². The van der Waals surface area contributed by atoms with E-state index in [1.807, 2.05) is 0 Å². The van der Waals surface area contributed by atoms with Gasteiger partial charge in [0, 0.05) is 45.0 Å². The van der Waals surface area contributed by atoms with Crippen molar-refractivity contribution in [3.05, 3.63) is 65.7 Å². The molecule has 23 heavy (non-hydrogen) atoms. The summed E-state index contributed by atoms with van der Waals surface area (Å²) in [6, 6.07) is 19.8. The third-order valence-corrected chi connectivity index (χ3v) is 4.50. The second-order valence-electron chi connectivity index (χ2n) is 6.20. The Kier molecular flexibility index (Phi) is 5.67. The molecular formula is C20H27N3. The molecule has 1 heterocycles. The van der Waals surface area contributed by atoms with Crippen LogP contribution in [0.25, 0.3) is 0 Å². The fourth-order valence-electron chi connectivity index (χ4n) is 3.10. The highest BCUT2D eigenvalue weighted by Crippen LogP contribution is 2.18. The number of nitrogens with one attached hydrogen (secondary N) is 1. The summed E-state index contributed by atoms with van der Waals surface area (Å²) in [5, 5.41) is 3.37. The van der Waals surface area contributed by atoms with Gasteiger partial charge in [-0.15, -0.1) is 0 Å². The van der Waals surface area contributed by atoms with E-state index in [1.165, 1.54) is 16.8 Å². The lowest BCUT2D eigenvalue weighted by Crippen LogP contribution is -2.45. The summed E-state index contributed by atoms with van der Waals surface area (Å²) in [7, 11) is 0. The molecule has 3 nitrogen and oxygen atoms in total. The van der Waals surface area contributed by atoms with Crippen LogP contribution in [0.1, 0.15) is 18.1 Å². The van der Waals surface area contributed by atoms with Gasteiger partial charge in [0.25, 0.3) is 0 Å². The molecule has 122 valence electrons. The zero-order valence-corrected chi connectivity index (χ0v) is 14.0. The minimum absolute atomic E-state index is 0.960. The minimum Gasteiger partial charge on any atom is -0.369 e. The van der Waals surface area contributed by atoms with Crippen molar-refractivity contribution in [3.8, 4) is 0 Å². The molecule has 0 atom stereocenters. The molecule has 1 aliphatic rings. The third-order valence-electron chi connectivity index (χ3n) is 4.50. The number of hydrogen-bond donors (Lipinski definition) is 1. The maximum atomic E-state index is 3.37. The Morgan fingerprint density at radius 3 is 2.17 bits per heavy atom. The molecule has 0 bridgehead atoms. The molecule has 0 saturated carbocycles. The molecule has 0 radical (unpaired) electrons. The summed E-state index contributed by atoms with van der Waals surface area (Å²) in [6.07, 6.45) is 0. The lowest BCUT2D eigenvalue weighted by atomic mass is 10.1. The van der Waals surface area contributed by atoms with E-state index in [2.05, 4.69) is 76.6 Å². The van der Waals surface area contributed by atoms with Crippen molar-refractivity contribution in [1.29, 1.82) is 0 Å². The second-order valence-corrected chi connectivity index (χ2v) is 6.20. The maximum absolute atomic E-state index is 3.37. The number of anilines is 1. The molecule has 0 spiro atoms. The predicted molar refractivity (Wildman–Crippen MR) is 97.8 cm³/mol. The van der Waals surface area contributed by atoms with E-state index >= 15 is 0 Å². The van der Waals surface area contributed by atoms with Crippen molar-refractivity contribution in [3.63, 3.8) is 0 Å². The molecule has 1 saturated heterocycles. The van der Waals surface area contributed by atoms with Gasteiger partial charge >= 0.3 is 0 Å². The van der Waals surface area contributed by atoms with Crippen LogP contribution in [0, 0.1) is 0 Å². The van der Waals surface area contributed by atoms with Gasteiger partial charge in [0.1, 0.15) is 0 Å². The average molecular weight is 309 g/mol. The van der Waals surface area contributed by atoms with Gasteiger partial charge in [-0.1, -0.05) is 49.4 Å². The summed E-state index contributed by atoms with van der Waals surface area (Å²) >= 11 is 0. The lowest BCUT2D eigenvalue weighted by Gasteiger charge is -2.36. The van der Waals surface area contributed by atoms with Crippen LogP contribution in [0.15, 0.2) is 54.6 Å². The summed E-state index contributed by atoms with van der Waals surface area (Å²) in [5.41, 5.74) is 4.12. The first kappa shape index (κ1) is 16.0. The Bertz CT molecular complexity index is 572. The first-order valence-corrected chi connectivity index (χ1v) is 8.66. The smallest absolute Gasteiger partial charge is 0.0367 e. The second kappa shape index (κ2) is 8.14. The van der Waals surface area contributed by atoms with Crippen molar-refractivity contribution in [2.45, 2.75) is 20.0 Å². The van der Waals surface area contributed by atoms with Crippen LogP contribution in [0.3, 0.4) is 0 Å².